The number of para-hydroxylation sites is 2. The van der Waals surface area contributed by atoms with E-state index in [4.69, 9.17) is 0 Å². The normalized spacial score (nSPS) is 10.8. The van der Waals surface area contributed by atoms with Gasteiger partial charge >= 0.3 is 0 Å². The largest absolute Gasteiger partial charge is 0.310 e. The summed E-state index contributed by atoms with van der Waals surface area (Å²) in [5.41, 5.74) is 3.48. The van der Waals surface area contributed by atoms with Gasteiger partial charge in [-0.1, -0.05) is 42.1 Å². The lowest BCUT2D eigenvalue weighted by molar-refractivity contribution is -0.113. The summed E-state index contributed by atoms with van der Waals surface area (Å²) in [6, 6.07) is 19.0. The standard InChI is InChI=1S/C25H23N5O2S/c1-4-29-24(32)19-12-8-9-13-21(19)27-25(29)33-15-22(31)28-23-20(14-26)16(2)17(3)30(23)18-10-6-5-7-11-18/h5-13H,4,15H2,1-3H3,(H,28,31). The summed E-state index contributed by atoms with van der Waals surface area (Å²) in [6.07, 6.45) is 0. The second kappa shape index (κ2) is 9.35. The summed E-state index contributed by atoms with van der Waals surface area (Å²) in [7, 11) is 0. The van der Waals surface area contributed by atoms with E-state index < -0.39 is 0 Å². The molecule has 0 aliphatic rings. The Bertz CT molecular complexity index is 1450. The van der Waals surface area contributed by atoms with Gasteiger partial charge in [-0.05, 0) is 50.6 Å². The number of hydrogen-bond acceptors (Lipinski definition) is 5. The third-order valence-electron chi connectivity index (χ3n) is 5.57. The van der Waals surface area contributed by atoms with Crippen LogP contribution >= 0.6 is 11.8 Å². The summed E-state index contributed by atoms with van der Waals surface area (Å²) in [4.78, 5) is 30.3. The Hall–Kier alpha value is -3.83. The van der Waals surface area contributed by atoms with Gasteiger partial charge in [-0.25, -0.2) is 4.98 Å². The SMILES string of the molecule is CCn1c(SCC(=O)Nc2c(C#N)c(C)c(C)n2-c2ccccc2)nc2ccccc2c1=O. The lowest BCUT2D eigenvalue weighted by atomic mass is 10.2. The number of nitrogens with one attached hydrogen (secondary N) is 1. The summed E-state index contributed by atoms with van der Waals surface area (Å²) in [5.74, 6) is 0.216. The topological polar surface area (TPSA) is 92.7 Å². The Morgan fingerprint density at radius 3 is 2.52 bits per heavy atom. The summed E-state index contributed by atoms with van der Waals surface area (Å²) >= 11 is 1.20. The fourth-order valence-electron chi connectivity index (χ4n) is 3.80. The molecule has 0 aliphatic heterocycles. The molecule has 4 aromatic rings. The van der Waals surface area contributed by atoms with E-state index in [0.717, 1.165) is 16.9 Å². The second-order valence-electron chi connectivity index (χ2n) is 7.51. The molecule has 2 heterocycles. The molecular formula is C25H23N5O2S. The highest BCUT2D eigenvalue weighted by molar-refractivity contribution is 7.99. The average molecular weight is 458 g/mol. The van der Waals surface area contributed by atoms with Crippen molar-refractivity contribution in [1.29, 1.82) is 5.26 Å². The number of rotatable bonds is 6. The van der Waals surface area contributed by atoms with Crippen molar-refractivity contribution in [2.75, 3.05) is 11.1 Å². The number of carbonyl (C=O) groups excluding carboxylic acids is 1. The predicted octanol–water partition coefficient (Wildman–Crippen LogP) is 4.43. The minimum atomic E-state index is -0.281. The highest BCUT2D eigenvalue weighted by Gasteiger charge is 2.21. The number of fused-ring (bicyclic) bond motifs is 1. The molecule has 1 amide bonds. The predicted molar refractivity (Wildman–Crippen MR) is 131 cm³/mol. The van der Waals surface area contributed by atoms with Gasteiger partial charge in [0.25, 0.3) is 5.56 Å². The molecule has 2 aromatic carbocycles. The van der Waals surface area contributed by atoms with Crippen molar-refractivity contribution in [3.63, 3.8) is 0 Å². The van der Waals surface area contributed by atoms with Crippen LogP contribution in [-0.4, -0.2) is 25.8 Å². The maximum Gasteiger partial charge on any atom is 0.262 e. The maximum absolute atomic E-state index is 12.9. The molecule has 33 heavy (non-hydrogen) atoms. The zero-order valence-electron chi connectivity index (χ0n) is 18.6. The number of carbonyl (C=O) groups is 1. The molecule has 2 aromatic heterocycles. The highest BCUT2D eigenvalue weighted by Crippen LogP contribution is 2.30. The van der Waals surface area contributed by atoms with Crippen LogP contribution in [0, 0.1) is 25.2 Å². The van der Waals surface area contributed by atoms with E-state index in [9.17, 15) is 14.9 Å². The molecule has 0 saturated heterocycles. The first-order valence-electron chi connectivity index (χ1n) is 10.6. The minimum absolute atomic E-state index is 0.0493. The first-order valence-corrected chi connectivity index (χ1v) is 11.5. The van der Waals surface area contributed by atoms with Crippen LogP contribution in [0.3, 0.4) is 0 Å². The number of hydrogen-bond donors (Lipinski definition) is 1. The van der Waals surface area contributed by atoms with Gasteiger partial charge < -0.3 is 5.32 Å². The van der Waals surface area contributed by atoms with Gasteiger partial charge in [0.1, 0.15) is 11.9 Å². The third kappa shape index (κ3) is 4.15. The summed E-state index contributed by atoms with van der Waals surface area (Å²) < 4.78 is 3.45. The first kappa shape index (κ1) is 22.4. The lowest BCUT2D eigenvalue weighted by Crippen LogP contribution is -2.23. The van der Waals surface area contributed by atoms with Crippen molar-refractivity contribution in [1.82, 2.24) is 14.1 Å². The number of benzene rings is 2. The Morgan fingerprint density at radius 1 is 1.12 bits per heavy atom. The van der Waals surface area contributed by atoms with E-state index in [1.54, 1.807) is 16.7 Å². The van der Waals surface area contributed by atoms with Crippen molar-refractivity contribution < 1.29 is 4.79 Å². The molecule has 0 radical (unpaired) electrons. The van der Waals surface area contributed by atoms with Gasteiger partial charge in [0, 0.05) is 17.9 Å². The highest BCUT2D eigenvalue weighted by atomic mass is 32.2. The fourth-order valence-corrected chi connectivity index (χ4v) is 4.66. The molecule has 0 saturated carbocycles. The molecule has 0 unspecified atom stereocenters. The number of nitrogens with zero attached hydrogens (tertiary/aromatic N) is 4. The number of nitriles is 1. The molecule has 4 rings (SSSR count). The van der Waals surface area contributed by atoms with Crippen LogP contribution in [0.2, 0.25) is 0 Å². The smallest absolute Gasteiger partial charge is 0.262 e. The number of aromatic nitrogens is 3. The molecule has 0 spiro atoms. The summed E-state index contributed by atoms with van der Waals surface area (Å²) in [6.45, 7) is 6.12. The van der Waals surface area contributed by atoms with Crippen molar-refractivity contribution in [3.8, 4) is 11.8 Å². The summed E-state index contributed by atoms with van der Waals surface area (Å²) in [5, 5.41) is 13.7. The Kier molecular flexibility index (Phi) is 6.33. The zero-order valence-corrected chi connectivity index (χ0v) is 19.4. The van der Waals surface area contributed by atoms with Crippen LogP contribution in [0.1, 0.15) is 23.7 Å². The van der Waals surface area contributed by atoms with Crippen LogP contribution in [0.15, 0.2) is 64.5 Å². The lowest BCUT2D eigenvalue weighted by Gasteiger charge is -2.14. The molecule has 0 bridgehead atoms. The second-order valence-corrected chi connectivity index (χ2v) is 8.46. The molecule has 1 N–H and O–H groups in total. The van der Waals surface area contributed by atoms with E-state index in [0.29, 0.717) is 34.0 Å². The monoisotopic (exact) mass is 457 g/mol. The Labute approximate surface area is 195 Å². The molecule has 0 aliphatic carbocycles. The van der Waals surface area contributed by atoms with Crippen LogP contribution < -0.4 is 10.9 Å². The molecule has 166 valence electrons. The minimum Gasteiger partial charge on any atom is -0.310 e. The Balaban J connectivity index is 1.63. The Morgan fingerprint density at radius 2 is 1.82 bits per heavy atom. The number of amides is 1. The fraction of sp³-hybridized carbons (Fsp3) is 0.200. The van der Waals surface area contributed by atoms with E-state index >= 15 is 0 Å². The molecule has 0 fully saturated rings. The van der Waals surface area contributed by atoms with Gasteiger partial charge in [-0.3, -0.25) is 18.7 Å². The van der Waals surface area contributed by atoms with Crippen molar-refractivity contribution in [2.45, 2.75) is 32.5 Å². The van der Waals surface area contributed by atoms with Gasteiger partial charge in [0.2, 0.25) is 5.91 Å². The van der Waals surface area contributed by atoms with Gasteiger partial charge in [0.05, 0.1) is 22.2 Å². The van der Waals surface area contributed by atoms with E-state index in [1.165, 1.54) is 11.8 Å². The average Bonchev–Trinajstić information content (AvgIpc) is 3.07. The van der Waals surface area contributed by atoms with Crippen molar-refractivity contribution in [3.05, 3.63) is 81.8 Å². The van der Waals surface area contributed by atoms with E-state index in [-0.39, 0.29) is 17.2 Å². The van der Waals surface area contributed by atoms with Crippen LogP contribution in [0.25, 0.3) is 16.6 Å². The van der Waals surface area contributed by atoms with E-state index in [1.807, 2.05) is 67.8 Å². The third-order valence-corrected chi connectivity index (χ3v) is 6.55. The van der Waals surface area contributed by atoms with Gasteiger partial charge in [-0.15, -0.1) is 0 Å². The van der Waals surface area contributed by atoms with Crippen LogP contribution in [-0.2, 0) is 11.3 Å². The van der Waals surface area contributed by atoms with Crippen molar-refractivity contribution in [2.24, 2.45) is 0 Å². The van der Waals surface area contributed by atoms with Crippen molar-refractivity contribution >= 4 is 34.4 Å². The number of thioether (sulfide) groups is 1. The molecule has 0 atom stereocenters. The maximum atomic E-state index is 12.9. The quantitative estimate of drug-likeness (QED) is 0.342. The van der Waals surface area contributed by atoms with Gasteiger partial charge in [0.15, 0.2) is 5.16 Å². The van der Waals surface area contributed by atoms with Crippen LogP contribution in [0.4, 0.5) is 5.82 Å². The molecule has 8 heteroatoms. The van der Waals surface area contributed by atoms with Crippen LogP contribution in [0.5, 0.6) is 0 Å². The molecule has 7 nitrogen and oxygen atoms in total. The first-order chi connectivity index (χ1) is 16.0. The number of anilines is 1. The molecular weight excluding hydrogens is 434 g/mol. The zero-order chi connectivity index (χ0) is 23.5. The van der Waals surface area contributed by atoms with Gasteiger partial charge in [-0.2, -0.15) is 5.26 Å². The van der Waals surface area contributed by atoms with E-state index in [2.05, 4.69) is 16.4 Å².